The second kappa shape index (κ2) is 6.76. The Morgan fingerprint density at radius 1 is 1.21 bits per heavy atom. The van der Waals surface area contributed by atoms with Crippen LogP contribution in [0.25, 0.3) is 0 Å². The van der Waals surface area contributed by atoms with Gasteiger partial charge in [0.25, 0.3) is 11.5 Å². The van der Waals surface area contributed by atoms with Crippen molar-refractivity contribution in [2.45, 2.75) is 13.5 Å². The van der Waals surface area contributed by atoms with E-state index in [-0.39, 0.29) is 23.8 Å². The summed E-state index contributed by atoms with van der Waals surface area (Å²) in [5.74, 6) is 0.322. The van der Waals surface area contributed by atoms with Crippen LogP contribution >= 0.6 is 11.6 Å². The van der Waals surface area contributed by atoms with Crippen molar-refractivity contribution in [1.29, 1.82) is 0 Å². The van der Waals surface area contributed by atoms with Crippen molar-refractivity contribution in [2.75, 3.05) is 5.32 Å². The van der Waals surface area contributed by atoms with Crippen LogP contribution in [-0.2, 0) is 6.54 Å². The van der Waals surface area contributed by atoms with Crippen LogP contribution in [0, 0.1) is 6.92 Å². The smallest absolute Gasteiger partial charge is 0.291 e. The van der Waals surface area contributed by atoms with Crippen molar-refractivity contribution in [1.82, 2.24) is 4.57 Å². The van der Waals surface area contributed by atoms with Gasteiger partial charge in [0.1, 0.15) is 5.76 Å². The number of furan rings is 1. The van der Waals surface area contributed by atoms with Gasteiger partial charge in [-0.1, -0.05) is 23.7 Å². The molecule has 6 heteroatoms. The first-order valence-corrected chi connectivity index (χ1v) is 7.72. The van der Waals surface area contributed by atoms with Crippen LogP contribution in [-0.4, -0.2) is 10.5 Å². The third-order valence-electron chi connectivity index (χ3n) is 3.54. The van der Waals surface area contributed by atoms with Gasteiger partial charge in [0.15, 0.2) is 5.76 Å². The Morgan fingerprint density at radius 3 is 2.79 bits per heavy atom. The van der Waals surface area contributed by atoms with Crippen LogP contribution in [0.4, 0.5) is 5.69 Å². The lowest BCUT2D eigenvalue weighted by atomic mass is 10.2. The fourth-order valence-corrected chi connectivity index (χ4v) is 2.39. The maximum atomic E-state index is 12.2. The minimum atomic E-state index is -0.374. The molecule has 0 radical (unpaired) electrons. The highest BCUT2D eigenvalue weighted by molar-refractivity contribution is 6.31. The number of halogens is 1. The first kappa shape index (κ1) is 16.1. The molecule has 0 atom stereocenters. The first-order chi connectivity index (χ1) is 11.5. The van der Waals surface area contributed by atoms with Gasteiger partial charge in [0.2, 0.25) is 0 Å². The second-order valence-corrected chi connectivity index (χ2v) is 5.76. The van der Waals surface area contributed by atoms with E-state index in [0.29, 0.717) is 16.5 Å². The monoisotopic (exact) mass is 342 g/mol. The molecule has 0 aliphatic rings. The molecule has 0 saturated heterocycles. The molecule has 1 amide bonds. The standard InChI is InChI=1S/C18H15ClN2O3/c1-12-5-6-13(10-15(12)19)20-18(23)16-8-7-14(24-16)11-21-9-3-2-4-17(21)22/h2-10H,11H2,1H3,(H,20,23). The molecule has 0 fully saturated rings. The molecule has 2 aromatic heterocycles. The fourth-order valence-electron chi connectivity index (χ4n) is 2.21. The Balaban J connectivity index is 1.73. The number of benzene rings is 1. The average Bonchev–Trinajstić information content (AvgIpc) is 3.02. The molecule has 0 bridgehead atoms. The fraction of sp³-hybridized carbons (Fsp3) is 0.111. The molecule has 122 valence electrons. The molecular weight excluding hydrogens is 328 g/mol. The number of carbonyl (C=O) groups is 1. The second-order valence-electron chi connectivity index (χ2n) is 5.35. The third kappa shape index (κ3) is 3.58. The molecule has 3 aromatic rings. The van der Waals surface area contributed by atoms with Crippen molar-refractivity contribution >= 4 is 23.2 Å². The Hall–Kier alpha value is -2.79. The number of hydrogen-bond donors (Lipinski definition) is 1. The molecule has 0 aliphatic carbocycles. The van der Waals surface area contributed by atoms with Gasteiger partial charge in [0.05, 0.1) is 6.54 Å². The van der Waals surface area contributed by atoms with Crippen LogP contribution in [0.15, 0.2) is 63.9 Å². The highest BCUT2D eigenvalue weighted by Crippen LogP contribution is 2.21. The van der Waals surface area contributed by atoms with E-state index in [0.717, 1.165) is 5.56 Å². The van der Waals surface area contributed by atoms with E-state index in [4.69, 9.17) is 16.0 Å². The minimum Gasteiger partial charge on any atom is -0.454 e. The Bertz CT molecular complexity index is 943. The third-order valence-corrected chi connectivity index (χ3v) is 3.95. The zero-order chi connectivity index (χ0) is 17.1. The number of anilines is 1. The molecular formula is C18H15ClN2O3. The number of pyridine rings is 1. The molecule has 24 heavy (non-hydrogen) atoms. The first-order valence-electron chi connectivity index (χ1n) is 7.34. The molecule has 0 unspecified atom stereocenters. The highest BCUT2D eigenvalue weighted by atomic mass is 35.5. The predicted octanol–water partition coefficient (Wildman–Crippen LogP) is 3.70. The van der Waals surface area contributed by atoms with E-state index in [2.05, 4.69) is 5.32 Å². The maximum Gasteiger partial charge on any atom is 0.291 e. The largest absolute Gasteiger partial charge is 0.454 e. The maximum absolute atomic E-state index is 12.2. The van der Waals surface area contributed by atoms with Crippen molar-refractivity contribution < 1.29 is 9.21 Å². The number of hydrogen-bond acceptors (Lipinski definition) is 3. The summed E-state index contributed by atoms with van der Waals surface area (Å²) >= 11 is 6.05. The van der Waals surface area contributed by atoms with Crippen molar-refractivity contribution in [3.05, 3.63) is 87.2 Å². The van der Waals surface area contributed by atoms with Gasteiger partial charge >= 0.3 is 0 Å². The summed E-state index contributed by atoms with van der Waals surface area (Å²) in [7, 11) is 0. The number of nitrogens with one attached hydrogen (secondary N) is 1. The van der Waals surface area contributed by atoms with Crippen LogP contribution in [0.3, 0.4) is 0 Å². The van der Waals surface area contributed by atoms with E-state index in [9.17, 15) is 9.59 Å². The number of nitrogens with zero attached hydrogens (tertiary/aromatic N) is 1. The summed E-state index contributed by atoms with van der Waals surface area (Å²) < 4.78 is 7.03. The van der Waals surface area contributed by atoms with Gasteiger partial charge in [-0.25, -0.2) is 0 Å². The lowest BCUT2D eigenvalue weighted by Gasteiger charge is -2.05. The van der Waals surface area contributed by atoms with Gasteiger partial charge in [0, 0.05) is 23.0 Å². The molecule has 3 rings (SSSR count). The lowest BCUT2D eigenvalue weighted by molar-refractivity contribution is 0.0995. The van der Waals surface area contributed by atoms with E-state index in [1.807, 2.05) is 13.0 Å². The number of aromatic nitrogens is 1. The van der Waals surface area contributed by atoms with Gasteiger partial charge in [-0.3, -0.25) is 9.59 Å². The summed E-state index contributed by atoms with van der Waals surface area (Å²) in [6.45, 7) is 2.15. The summed E-state index contributed by atoms with van der Waals surface area (Å²) in [5, 5.41) is 3.31. The summed E-state index contributed by atoms with van der Waals surface area (Å²) in [5.41, 5.74) is 1.39. The highest BCUT2D eigenvalue weighted by Gasteiger charge is 2.12. The zero-order valence-electron chi connectivity index (χ0n) is 13.0. The van der Waals surface area contributed by atoms with E-state index in [1.165, 1.54) is 10.6 Å². The summed E-state index contributed by atoms with van der Waals surface area (Å²) in [4.78, 5) is 23.9. The SMILES string of the molecule is Cc1ccc(NC(=O)c2ccc(Cn3ccccc3=O)o2)cc1Cl. The van der Waals surface area contributed by atoms with Crippen LogP contribution < -0.4 is 10.9 Å². The summed E-state index contributed by atoms with van der Waals surface area (Å²) in [6.07, 6.45) is 1.67. The Labute approximate surface area is 143 Å². The molecule has 5 nitrogen and oxygen atoms in total. The minimum absolute atomic E-state index is 0.130. The van der Waals surface area contributed by atoms with Crippen molar-refractivity contribution in [2.24, 2.45) is 0 Å². The molecule has 0 spiro atoms. The van der Waals surface area contributed by atoms with E-state index in [1.54, 1.807) is 42.6 Å². The quantitative estimate of drug-likeness (QED) is 0.786. The molecule has 0 saturated carbocycles. The average molecular weight is 343 g/mol. The number of carbonyl (C=O) groups excluding carboxylic acids is 1. The number of amides is 1. The Kier molecular flexibility index (Phi) is 4.53. The molecule has 1 aromatic carbocycles. The van der Waals surface area contributed by atoms with Crippen LogP contribution in [0.2, 0.25) is 5.02 Å². The summed E-state index contributed by atoms with van der Waals surface area (Å²) in [6, 6.07) is 13.4. The number of aryl methyl sites for hydroxylation is 1. The number of rotatable bonds is 4. The van der Waals surface area contributed by atoms with Crippen LogP contribution in [0.1, 0.15) is 21.9 Å². The van der Waals surface area contributed by atoms with E-state index < -0.39 is 0 Å². The van der Waals surface area contributed by atoms with Gasteiger partial charge < -0.3 is 14.3 Å². The topological polar surface area (TPSA) is 64.2 Å². The van der Waals surface area contributed by atoms with Gasteiger partial charge in [-0.15, -0.1) is 0 Å². The van der Waals surface area contributed by atoms with Crippen molar-refractivity contribution in [3.8, 4) is 0 Å². The normalized spacial score (nSPS) is 10.6. The van der Waals surface area contributed by atoms with Crippen LogP contribution in [0.5, 0.6) is 0 Å². The molecule has 2 heterocycles. The zero-order valence-corrected chi connectivity index (χ0v) is 13.7. The van der Waals surface area contributed by atoms with Crippen molar-refractivity contribution in [3.63, 3.8) is 0 Å². The van der Waals surface area contributed by atoms with Gasteiger partial charge in [-0.05, 0) is 42.8 Å². The van der Waals surface area contributed by atoms with Gasteiger partial charge in [-0.2, -0.15) is 0 Å². The van der Waals surface area contributed by atoms with E-state index >= 15 is 0 Å². The molecule has 0 aliphatic heterocycles. The predicted molar refractivity (Wildman–Crippen MR) is 92.7 cm³/mol. The lowest BCUT2D eigenvalue weighted by Crippen LogP contribution is -2.18. The Morgan fingerprint density at radius 2 is 2.04 bits per heavy atom. The molecule has 1 N–H and O–H groups in total.